The lowest BCUT2D eigenvalue weighted by atomic mass is 9.87. The normalized spacial score (nSPS) is 28.4. The Bertz CT molecular complexity index is 348. The molecule has 1 aliphatic carbocycles. The molecule has 2 unspecified atom stereocenters. The van der Waals surface area contributed by atoms with Gasteiger partial charge < -0.3 is 9.47 Å². The molecular weight excluding hydrogens is 226 g/mol. The Morgan fingerprint density at radius 1 is 1.28 bits per heavy atom. The van der Waals surface area contributed by atoms with Crippen molar-refractivity contribution < 1.29 is 9.47 Å². The zero-order chi connectivity index (χ0) is 13.3. The molecular formula is C15H25NO2. The molecule has 2 rings (SSSR count). The van der Waals surface area contributed by atoms with E-state index in [0.29, 0.717) is 12.0 Å². The van der Waals surface area contributed by atoms with Gasteiger partial charge in [0.1, 0.15) is 11.9 Å². The average molecular weight is 251 g/mol. The minimum absolute atomic E-state index is 0.0174. The maximum Gasteiger partial charge on any atom is 0.121 e. The van der Waals surface area contributed by atoms with Gasteiger partial charge in [-0.25, -0.2) is 0 Å². The molecule has 1 heterocycles. The van der Waals surface area contributed by atoms with Crippen molar-refractivity contribution in [3.8, 4) is 0 Å². The van der Waals surface area contributed by atoms with Crippen LogP contribution in [0.4, 0.5) is 0 Å². The Morgan fingerprint density at radius 3 is 2.44 bits per heavy atom. The summed E-state index contributed by atoms with van der Waals surface area (Å²) in [6.45, 7) is 10.7. The number of rotatable bonds is 4. The van der Waals surface area contributed by atoms with Gasteiger partial charge in [0.25, 0.3) is 0 Å². The summed E-state index contributed by atoms with van der Waals surface area (Å²) in [6, 6.07) is 0. The van der Waals surface area contributed by atoms with E-state index in [1.54, 1.807) is 0 Å². The lowest BCUT2D eigenvalue weighted by Gasteiger charge is -2.35. The third-order valence-corrected chi connectivity index (χ3v) is 3.15. The molecule has 0 aromatic carbocycles. The predicted octanol–water partition coefficient (Wildman–Crippen LogP) is 3.55. The molecule has 0 aromatic rings. The molecule has 3 heteroatoms. The lowest BCUT2D eigenvalue weighted by molar-refractivity contribution is -0.0626. The van der Waals surface area contributed by atoms with Gasteiger partial charge in [-0.1, -0.05) is 13.8 Å². The first kappa shape index (κ1) is 13.6. The fourth-order valence-electron chi connectivity index (χ4n) is 2.25. The molecule has 1 aliphatic heterocycles. The van der Waals surface area contributed by atoms with Gasteiger partial charge in [-0.3, -0.25) is 4.99 Å². The summed E-state index contributed by atoms with van der Waals surface area (Å²) in [4.78, 5) is 4.30. The number of aliphatic imine (C=N–C) groups is 1. The molecule has 0 radical (unpaired) electrons. The van der Waals surface area contributed by atoms with Crippen LogP contribution in [0.5, 0.6) is 0 Å². The minimum atomic E-state index is -0.161. The van der Waals surface area contributed by atoms with Crippen LogP contribution in [0.25, 0.3) is 0 Å². The second-order valence-electron chi connectivity index (χ2n) is 6.61. The molecule has 0 spiro atoms. The second-order valence-corrected chi connectivity index (χ2v) is 6.61. The summed E-state index contributed by atoms with van der Waals surface area (Å²) in [5, 5.41) is 0. The van der Waals surface area contributed by atoms with Gasteiger partial charge in [-0.15, -0.1) is 0 Å². The monoisotopic (exact) mass is 251 g/mol. The molecule has 0 bridgehead atoms. The van der Waals surface area contributed by atoms with Crippen LogP contribution in [-0.4, -0.2) is 24.0 Å². The largest absolute Gasteiger partial charge is 0.493 e. The fraction of sp³-hybridized carbons (Fsp3) is 0.800. The molecule has 0 amide bonds. The van der Waals surface area contributed by atoms with Gasteiger partial charge in [0.2, 0.25) is 0 Å². The highest BCUT2D eigenvalue weighted by molar-refractivity contribution is 5.66. The van der Waals surface area contributed by atoms with Crippen molar-refractivity contribution in [2.75, 3.05) is 0 Å². The minimum Gasteiger partial charge on any atom is -0.493 e. The Balaban J connectivity index is 2.10. The van der Waals surface area contributed by atoms with Gasteiger partial charge in [-0.2, -0.15) is 0 Å². The maximum atomic E-state index is 6.11. The van der Waals surface area contributed by atoms with E-state index in [2.05, 4.69) is 39.6 Å². The average Bonchev–Trinajstić information content (AvgIpc) is 2.98. The molecule has 0 N–H and O–H groups in total. The molecule has 2 aliphatic rings. The van der Waals surface area contributed by atoms with Gasteiger partial charge in [0.05, 0.1) is 23.8 Å². The quantitative estimate of drug-likeness (QED) is 0.765. The molecule has 0 aromatic heterocycles. The van der Waals surface area contributed by atoms with Crippen molar-refractivity contribution in [3.05, 3.63) is 12.0 Å². The molecule has 1 fully saturated rings. The lowest BCUT2D eigenvalue weighted by Crippen LogP contribution is -2.39. The number of hydrogen-bond acceptors (Lipinski definition) is 3. The summed E-state index contributed by atoms with van der Waals surface area (Å²) in [5.41, 5.74) is -0.161. The van der Waals surface area contributed by atoms with Crippen molar-refractivity contribution in [2.45, 2.75) is 65.3 Å². The van der Waals surface area contributed by atoms with Gasteiger partial charge in [0.15, 0.2) is 0 Å². The molecule has 18 heavy (non-hydrogen) atoms. The van der Waals surface area contributed by atoms with Crippen LogP contribution < -0.4 is 0 Å². The van der Waals surface area contributed by atoms with Crippen LogP contribution in [0, 0.1) is 11.8 Å². The summed E-state index contributed by atoms with van der Waals surface area (Å²) in [7, 11) is 0. The van der Waals surface area contributed by atoms with Crippen molar-refractivity contribution in [1.29, 1.82) is 0 Å². The third kappa shape index (κ3) is 3.58. The number of hydrogen-bond donors (Lipinski definition) is 0. The smallest absolute Gasteiger partial charge is 0.121 e. The highest BCUT2D eigenvalue weighted by atomic mass is 16.5. The highest BCUT2D eigenvalue weighted by Gasteiger charge is 2.36. The first-order chi connectivity index (χ1) is 8.37. The fourth-order valence-corrected chi connectivity index (χ4v) is 2.25. The SMILES string of the molecule is CC(C)C1C(OC2CC2)=CN=CC1OC(C)(C)C. The first-order valence-electron chi connectivity index (χ1n) is 6.94. The van der Waals surface area contributed by atoms with E-state index in [0.717, 1.165) is 5.76 Å². The van der Waals surface area contributed by atoms with E-state index in [1.807, 2.05) is 12.4 Å². The highest BCUT2D eigenvalue weighted by Crippen LogP contribution is 2.36. The molecule has 2 atom stereocenters. The zero-order valence-corrected chi connectivity index (χ0v) is 12.1. The molecule has 0 saturated heterocycles. The second kappa shape index (κ2) is 5.04. The van der Waals surface area contributed by atoms with Crippen LogP contribution >= 0.6 is 0 Å². The van der Waals surface area contributed by atoms with Crippen LogP contribution in [-0.2, 0) is 9.47 Å². The molecule has 3 nitrogen and oxygen atoms in total. The van der Waals surface area contributed by atoms with Crippen molar-refractivity contribution in [3.63, 3.8) is 0 Å². The summed E-state index contributed by atoms with van der Waals surface area (Å²) in [6.07, 6.45) is 6.57. The summed E-state index contributed by atoms with van der Waals surface area (Å²) >= 11 is 0. The van der Waals surface area contributed by atoms with Crippen LogP contribution in [0.1, 0.15) is 47.5 Å². The Morgan fingerprint density at radius 2 is 1.94 bits per heavy atom. The van der Waals surface area contributed by atoms with Gasteiger partial charge in [0, 0.05) is 6.21 Å². The van der Waals surface area contributed by atoms with Crippen LogP contribution in [0.15, 0.2) is 17.0 Å². The topological polar surface area (TPSA) is 30.8 Å². The maximum absolute atomic E-state index is 6.11. The van der Waals surface area contributed by atoms with E-state index in [1.165, 1.54) is 12.8 Å². The molecule has 102 valence electrons. The summed E-state index contributed by atoms with van der Waals surface area (Å²) < 4.78 is 12.1. The van der Waals surface area contributed by atoms with E-state index < -0.39 is 0 Å². The van der Waals surface area contributed by atoms with Crippen LogP contribution in [0.3, 0.4) is 0 Å². The van der Waals surface area contributed by atoms with Gasteiger partial charge >= 0.3 is 0 Å². The Labute approximate surface area is 110 Å². The Kier molecular flexibility index (Phi) is 3.81. The van der Waals surface area contributed by atoms with Gasteiger partial charge in [-0.05, 0) is 39.5 Å². The van der Waals surface area contributed by atoms with Crippen molar-refractivity contribution in [2.24, 2.45) is 16.8 Å². The van der Waals surface area contributed by atoms with Crippen molar-refractivity contribution >= 4 is 6.21 Å². The predicted molar refractivity (Wildman–Crippen MR) is 73.6 cm³/mol. The Hall–Kier alpha value is -0.830. The van der Waals surface area contributed by atoms with E-state index in [4.69, 9.17) is 9.47 Å². The van der Waals surface area contributed by atoms with E-state index in [9.17, 15) is 0 Å². The molecule has 1 saturated carbocycles. The van der Waals surface area contributed by atoms with E-state index >= 15 is 0 Å². The first-order valence-corrected chi connectivity index (χ1v) is 6.94. The zero-order valence-electron chi connectivity index (χ0n) is 12.1. The third-order valence-electron chi connectivity index (χ3n) is 3.15. The number of ether oxygens (including phenoxy) is 2. The summed E-state index contributed by atoms with van der Waals surface area (Å²) in [5.74, 6) is 1.76. The van der Waals surface area contributed by atoms with Crippen molar-refractivity contribution in [1.82, 2.24) is 0 Å². The van der Waals surface area contributed by atoms with E-state index in [-0.39, 0.29) is 17.6 Å². The number of nitrogens with zero attached hydrogens (tertiary/aromatic N) is 1. The van der Waals surface area contributed by atoms with Crippen LogP contribution in [0.2, 0.25) is 0 Å². The standard InChI is InChI=1S/C15H25NO2/c1-10(2)14-12(17-11-6-7-11)8-16-9-13(14)18-15(3,4)5/h8-11,13-14H,6-7H2,1-5H3.